The summed E-state index contributed by atoms with van der Waals surface area (Å²) < 4.78 is 11.9. The molecule has 0 aliphatic carbocycles. The van der Waals surface area contributed by atoms with Gasteiger partial charge in [0.25, 0.3) is 0 Å². The van der Waals surface area contributed by atoms with Gasteiger partial charge in [-0.3, -0.25) is 0 Å². The summed E-state index contributed by atoms with van der Waals surface area (Å²) in [7, 11) is -0.279. The molecule has 16 heavy (non-hydrogen) atoms. The molecule has 0 saturated carbocycles. The van der Waals surface area contributed by atoms with Crippen molar-refractivity contribution in [3.05, 3.63) is 22.8 Å². The van der Waals surface area contributed by atoms with Crippen LogP contribution in [0.2, 0.25) is 0 Å². The quantitative estimate of drug-likeness (QED) is 0.564. The predicted octanol–water partition coefficient (Wildman–Crippen LogP) is 2.23. The Morgan fingerprint density at radius 2 is 1.75 bits per heavy atom. The third-order valence-electron chi connectivity index (χ3n) is 3.46. The van der Waals surface area contributed by atoms with E-state index in [1.54, 1.807) is 0 Å². The first-order valence-corrected chi connectivity index (χ1v) is 5.85. The molecule has 88 valence electrons. The Labute approximate surface area is 102 Å². The van der Waals surface area contributed by atoms with Gasteiger partial charge in [0, 0.05) is 6.54 Å². The van der Waals surface area contributed by atoms with Crippen molar-refractivity contribution in [3.63, 3.8) is 0 Å². The van der Waals surface area contributed by atoms with Gasteiger partial charge in [-0.05, 0) is 39.2 Å². The third kappa shape index (κ3) is 2.02. The van der Waals surface area contributed by atoms with Crippen molar-refractivity contribution in [1.29, 1.82) is 0 Å². The number of halogens is 1. The van der Waals surface area contributed by atoms with Crippen LogP contribution in [-0.4, -0.2) is 24.9 Å². The minimum atomic E-state index is -0.288. The molecule has 0 amide bonds. The average Bonchev–Trinajstić information content (AvgIpc) is 2.37. The summed E-state index contributed by atoms with van der Waals surface area (Å²) in [6.45, 7) is 8.87. The molecule has 2 rings (SSSR count). The first kappa shape index (κ1) is 12.0. The van der Waals surface area contributed by atoms with Crippen LogP contribution in [0.15, 0.2) is 22.8 Å². The summed E-state index contributed by atoms with van der Waals surface area (Å²) in [6, 6.07) is 0. The zero-order valence-corrected chi connectivity index (χ0v) is 10.9. The second-order valence-electron chi connectivity index (χ2n) is 5.20. The second-order valence-corrected chi connectivity index (χ2v) is 5.61. The zero-order valence-electron chi connectivity index (χ0n) is 10.1. The van der Waals surface area contributed by atoms with Crippen molar-refractivity contribution in [1.82, 2.24) is 5.32 Å². The minimum Gasteiger partial charge on any atom is -0.400 e. The lowest BCUT2D eigenvalue weighted by Gasteiger charge is -2.32. The lowest BCUT2D eigenvalue weighted by Crippen LogP contribution is -2.41. The highest BCUT2D eigenvalue weighted by Gasteiger charge is 2.52. The summed E-state index contributed by atoms with van der Waals surface area (Å²) in [5, 5.41) is 3.71. The minimum absolute atomic E-state index is 0.279. The largest absolute Gasteiger partial charge is 0.492 e. The van der Waals surface area contributed by atoms with Crippen molar-refractivity contribution in [2.24, 2.45) is 0 Å². The maximum atomic E-state index is 5.94. The van der Waals surface area contributed by atoms with Crippen LogP contribution in [0.5, 0.6) is 0 Å². The fraction of sp³-hybridized carbons (Fsp3) is 0.636. The fourth-order valence-corrected chi connectivity index (χ4v) is 1.77. The Hall–Kier alpha value is -0.445. The van der Waals surface area contributed by atoms with Crippen LogP contribution in [0, 0.1) is 0 Å². The molecule has 0 aromatic heterocycles. The summed E-state index contributed by atoms with van der Waals surface area (Å²) in [5.41, 5.74) is 0.496. The van der Waals surface area contributed by atoms with E-state index in [4.69, 9.17) is 20.9 Å². The molecule has 2 aliphatic rings. The van der Waals surface area contributed by atoms with E-state index in [9.17, 15) is 0 Å². The molecule has 3 nitrogen and oxygen atoms in total. The fourth-order valence-electron chi connectivity index (χ4n) is 1.64. The maximum Gasteiger partial charge on any atom is 0.492 e. The van der Waals surface area contributed by atoms with E-state index in [-0.39, 0.29) is 18.3 Å². The molecule has 0 bridgehead atoms. The topological polar surface area (TPSA) is 30.5 Å². The average molecular weight is 242 g/mol. The van der Waals surface area contributed by atoms with Crippen molar-refractivity contribution in [2.75, 3.05) is 6.54 Å². The van der Waals surface area contributed by atoms with Gasteiger partial charge >= 0.3 is 7.12 Å². The third-order valence-corrected chi connectivity index (χ3v) is 3.72. The highest BCUT2D eigenvalue weighted by Crippen LogP contribution is 2.38. The molecule has 1 saturated heterocycles. The smallest absolute Gasteiger partial charge is 0.400 e. The highest BCUT2D eigenvalue weighted by atomic mass is 35.5. The van der Waals surface area contributed by atoms with Gasteiger partial charge in [0.1, 0.15) is 5.16 Å². The molecule has 1 N–H and O–H groups in total. The molecule has 0 aromatic rings. The Balaban J connectivity index is 2.15. The van der Waals surface area contributed by atoms with E-state index >= 15 is 0 Å². The number of nitrogens with one attached hydrogen (secondary N) is 1. The normalized spacial score (nSPS) is 27.2. The zero-order chi connectivity index (χ0) is 12.0. The Morgan fingerprint density at radius 3 is 2.19 bits per heavy atom. The molecule has 1 fully saturated rings. The van der Waals surface area contributed by atoms with Gasteiger partial charge in [0.05, 0.1) is 11.2 Å². The summed E-state index contributed by atoms with van der Waals surface area (Å²) in [6.07, 6.45) is 3.78. The van der Waals surface area contributed by atoms with E-state index in [2.05, 4.69) is 5.32 Å². The monoisotopic (exact) mass is 241 g/mol. The highest BCUT2D eigenvalue weighted by molar-refractivity contribution is 6.55. The first-order chi connectivity index (χ1) is 7.32. The second kappa shape index (κ2) is 3.79. The Morgan fingerprint density at radius 1 is 1.19 bits per heavy atom. The van der Waals surface area contributed by atoms with Gasteiger partial charge in [0.2, 0.25) is 0 Å². The summed E-state index contributed by atoms with van der Waals surface area (Å²) >= 11 is 5.82. The van der Waals surface area contributed by atoms with Crippen molar-refractivity contribution >= 4 is 18.7 Å². The van der Waals surface area contributed by atoms with E-state index in [0.29, 0.717) is 11.7 Å². The van der Waals surface area contributed by atoms with E-state index < -0.39 is 0 Å². The first-order valence-electron chi connectivity index (χ1n) is 5.48. The number of hydrogen-bond acceptors (Lipinski definition) is 3. The van der Waals surface area contributed by atoms with Crippen LogP contribution >= 0.6 is 11.6 Å². The lowest BCUT2D eigenvalue weighted by atomic mass is 9.77. The molecule has 2 aliphatic heterocycles. The lowest BCUT2D eigenvalue weighted by molar-refractivity contribution is 0.00578. The van der Waals surface area contributed by atoms with Gasteiger partial charge in [-0.25, -0.2) is 0 Å². The molecule has 0 spiro atoms. The van der Waals surface area contributed by atoms with Crippen LogP contribution < -0.4 is 5.32 Å². The standard InChI is InChI=1S/C11H17BClNO2/c1-10(2)11(3,4)16-12(15-10)8-5-6-9(13)14-7-8/h5-6,14H,7H2,1-4H3. The van der Waals surface area contributed by atoms with Crippen LogP contribution in [-0.2, 0) is 9.31 Å². The molecule has 2 heterocycles. The van der Waals surface area contributed by atoms with Crippen molar-refractivity contribution < 1.29 is 9.31 Å². The molecule has 0 atom stereocenters. The number of hydrogen-bond donors (Lipinski definition) is 1. The van der Waals surface area contributed by atoms with E-state index in [1.807, 2.05) is 39.8 Å². The molecular formula is C11H17BClNO2. The molecular weight excluding hydrogens is 224 g/mol. The van der Waals surface area contributed by atoms with Crippen LogP contribution in [0.25, 0.3) is 0 Å². The van der Waals surface area contributed by atoms with Gasteiger partial charge < -0.3 is 14.6 Å². The van der Waals surface area contributed by atoms with E-state index in [0.717, 1.165) is 5.47 Å². The van der Waals surface area contributed by atoms with Gasteiger partial charge in [-0.15, -0.1) is 0 Å². The van der Waals surface area contributed by atoms with Gasteiger partial charge in [-0.1, -0.05) is 17.7 Å². The maximum absolute atomic E-state index is 5.94. The van der Waals surface area contributed by atoms with Crippen molar-refractivity contribution in [3.8, 4) is 0 Å². The Bertz CT molecular complexity index is 347. The van der Waals surface area contributed by atoms with Gasteiger partial charge in [-0.2, -0.15) is 0 Å². The molecule has 5 heteroatoms. The number of dihydropyridines is 1. The molecule has 0 aromatic carbocycles. The predicted molar refractivity (Wildman–Crippen MR) is 66.1 cm³/mol. The molecule has 0 radical (unpaired) electrons. The van der Waals surface area contributed by atoms with Crippen LogP contribution in [0.1, 0.15) is 27.7 Å². The van der Waals surface area contributed by atoms with Gasteiger partial charge in [0.15, 0.2) is 0 Å². The number of rotatable bonds is 1. The SMILES string of the molecule is CC1(C)OB(C2=CC=C(Cl)NC2)OC1(C)C. The Kier molecular flexibility index (Phi) is 2.85. The van der Waals surface area contributed by atoms with Crippen molar-refractivity contribution in [2.45, 2.75) is 38.9 Å². The van der Waals surface area contributed by atoms with E-state index in [1.165, 1.54) is 0 Å². The summed E-state index contributed by atoms with van der Waals surface area (Å²) in [4.78, 5) is 0. The van der Waals surface area contributed by atoms with Crippen LogP contribution in [0.4, 0.5) is 0 Å². The summed E-state index contributed by atoms with van der Waals surface area (Å²) in [5.74, 6) is 0. The van der Waals surface area contributed by atoms with Crippen LogP contribution in [0.3, 0.4) is 0 Å². The number of allylic oxidation sites excluding steroid dienone is 2. The molecule has 0 unspecified atom stereocenters.